The number of carboxylic acids is 1. The molecule has 1 fully saturated rings. The van der Waals surface area contributed by atoms with Crippen molar-refractivity contribution in [1.82, 2.24) is 5.32 Å². The molecule has 1 aliphatic carbocycles. The van der Waals surface area contributed by atoms with Crippen LogP contribution < -0.4 is 11.1 Å². The van der Waals surface area contributed by atoms with Gasteiger partial charge in [-0.3, -0.25) is 4.79 Å². The number of rotatable bonds is 9. The standard InChI is InChI=1S/C13H27BN2O3/c1-14(19)7-3-2-5-13(12(17)18)6-4-11(10-13)16-9-8-15/h11,16,19H,2-10,15H2,1H3,(H,17,18)/t11-,13-/m0/s1. The molecule has 110 valence electrons. The molecule has 0 aromatic carbocycles. The second kappa shape index (κ2) is 7.87. The largest absolute Gasteiger partial charge is 0.481 e. The molecule has 0 heterocycles. The van der Waals surface area contributed by atoms with Crippen molar-refractivity contribution in [2.45, 2.75) is 57.7 Å². The van der Waals surface area contributed by atoms with Crippen LogP contribution in [0.3, 0.4) is 0 Å². The van der Waals surface area contributed by atoms with Gasteiger partial charge in [-0.25, -0.2) is 0 Å². The molecular weight excluding hydrogens is 243 g/mol. The summed E-state index contributed by atoms with van der Waals surface area (Å²) in [7, 11) is 0. The van der Waals surface area contributed by atoms with E-state index in [1.807, 2.05) is 0 Å². The van der Waals surface area contributed by atoms with Gasteiger partial charge in [0.15, 0.2) is 0 Å². The number of carboxylic acid groups (broad SMARTS) is 1. The van der Waals surface area contributed by atoms with E-state index in [4.69, 9.17) is 5.73 Å². The highest BCUT2D eigenvalue weighted by molar-refractivity contribution is 6.48. The summed E-state index contributed by atoms with van der Waals surface area (Å²) in [6.45, 7) is 2.83. The molecule has 5 N–H and O–H groups in total. The van der Waals surface area contributed by atoms with Gasteiger partial charge in [0, 0.05) is 19.1 Å². The molecule has 0 aliphatic heterocycles. The van der Waals surface area contributed by atoms with Crippen LogP contribution in [0.15, 0.2) is 0 Å². The minimum atomic E-state index is -0.665. The van der Waals surface area contributed by atoms with Crippen molar-refractivity contribution in [3.8, 4) is 0 Å². The number of hydrogen-bond donors (Lipinski definition) is 4. The van der Waals surface area contributed by atoms with E-state index in [0.29, 0.717) is 13.0 Å². The Morgan fingerprint density at radius 2 is 2.26 bits per heavy atom. The highest BCUT2D eigenvalue weighted by atomic mass is 16.4. The first-order chi connectivity index (χ1) is 9.00. The maximum absolute atomic E-state index is 11.6. The molecule has 19 heavy (non-hydrogen) atoms. The second-order valence-corrected chi connectivity index (χ2v) is 5.86. The molecule has 1 rings (SSSR count). The van der Waals surface area contributed by atoms with Crippen LogP contribution in [0.5, 0.6) is 0 Å². The fourth-order valence-electron chi connectivity index (χ4n) is 3.02. The molecule has 6 heteroatoms. The molecule has 1 saturated carbocycles. The molecule has 2 atom stereocenters. The Balaban J connectivity index is 2.41. The van der Waals surface area contributed by atoms with Gasteiger partial charge in [-0.2, -0.15) is 0 Å². The lowest BCUT2D eigenvalue weighted by Crippen LogP contribution is -2.35. The lowest BCUT2D eigenvalue weighted by molar-refractivity contribution is -0.149. The Labute approximate surface area is 116 Å². The molecule has 0 bridgehead atoms. The van der Waals surface area contributed by atoms with Crippen LogP contribution in [-0.4, -0.2) is 42.1 Å². The highest BCUT2D eigenvalue weighted by Crippen LogP contribution is 2.42. The fraction of sp³-hybridized carbons (Fsp3) is 0.923. The summed E-state index contributed by atoms with van der Waals surface area (Å²) in [4.78, 5) is 11.6. The average molecular weight is 270 g/mol. The Kier molecular flexibility index (Phi) is 6.82. The Morgan fingerprint density at radius 1 is 1.53 bits per heavy atom. The number of hydrogen-bond acceptors (Lipinski definition) is 4. The van der Waals surface area contributed by atoms with Crippen LogP contribution in [0, 0.1) is 5.41 Å². The van der Waals surface area contributed by atoms with Gasteiger partial charge >= 0.3 is 5.97 Å². The van der Waals surface area contributed by atoms with Crippen molar-refractivity contribution in [1.29, 1.82) is 0 Å². The molecule has 0 unspecified atom stereocenters. The quantitative estimate of drug-likeness (QED) is 0.369. The van der Waals surface area contributed by atoms with E-state index >= 15 is 0 Å². The van der Waals surface area contributed by atoms with Crippen molar-refractivity contribution in [2.75, 3.05) is 13.1 Å². The van der Waals surface area contributed by atoms with Crippen LogP contribution in [0.4, 0.5) is 0 Å². The van der Waals surface area contributed by atoms with Gasteiger partial charge in [-0.1, -0.05) is 19.7 Å². The average Bonchev–Trinajstić information content (AvgIpc) is 2.77. The van der Waals surface area contributed by atoms with Gasteiger partial charge in [-0.05, 0) is 32.0 Å². The third-order valence-electron chi connectivity index (χ3n) is 4.17. The molecule has 0 saturated heterocycles. The van der Waals surface area contributed by atoms with Crippen LogP contribution >= 0.6 is 0 Å². The van der Waals surface area contributed by atoms with E-state index in [2.05, 4.69) is 5.32 Å². The molecule has 1 aliphatic rings. The van der Waals surface area contributed by atoms with Crippen molar-refractivity contribution < 1.29 is 14.9 Å². The summed E-state index contributed by atoms with van der Waals surface area (Å²) >= 11 is 0. The van der Waals surface area contributed by atoms with Crippen molar-refractivity contribution in [3.63, 3.8) is 0 Å². The number of nitrogens with one attached hydrogen (secondary N) is 1. The molecular formula is C13H27BN2O3. The number of nitrogens with two attached hydrogens (primary N) is 1. The summed E-state index contributed by atoms with van der Waals surface area (Å²) in [5.41, 5.74) is 4.89. The zero-order valence-electron chi connectivity index (χ0n) is 11.9. The molecule has 0 aromatic rings. The van der Waals surface area contributed by atoms with Gasteiger partial charge in [0.25, 0.3) is 6.92 Å². The zero-order valence-corrected chi connectivity index (χ0v) is 11.9. The number of carbonyl (C=O) groups is 1. The summed E-state index contributed by atoms with van der Waals surface area (Å²) in [5.74, 6) is -0.665. The van der Waals surface area contributed by atoms with E-state index < -0.39 is 11.4 Å². The molecule has 5 nitrogen and oxygen atoms in total. The third kappa shape index (κ3) is 5.13. The summed E-state index contributed by atoms with van der Waals surface area (Å²) in [5, 5.41) is 22.1. The lowest BCUT2D eigenvalue weighted by Gasteiger charge is -2.24. The van der Waals surface area contributed by atoms with Crippen LogP contribution in [0.1, 0.15) is 38.5 Å². The first-order valence-electron chi connectivity index (χ1n) is 7.35. The van der Waals surface area contributed by atoms with Gasteiger partial charge < -0.3 is 21.2 Å². The second-order valence-electron chi connectivity index (χ2n) is 5.86. The molecule has 0 spiro atoms. The van der Waals surface area contributed by atoms with Crippen molar-refractivity contribution in [2.24, 2.45) is 11.1 Å². The van der Waals surface area contributed by atoms with E-state index in [-0.39, 0.29) is 13.0 Å². The molecule has 0 amide bonds. The number of aliphatic carboxylic acids is 1. The first kappa shape index (κ1) is 16.5. The van der Waals surface area contributed by atoms with Crippen LogP contribution in [0.2, 0.25) is 13.1 Å². The highest BCUT2D eigenvalue weighted by Gasteiger charge is 2.44. The predicted octanol–water partition coefficient (Wildman–Crippen LogP) is 0.942. The first-order valence-corrected chi connectivity index (χ1v) is 7.35. The van der Waals surface area contributed by atoms with Gasteiger partial charge in [-0.15, -0.1) is 0 Å². The van der Waals surface area contributed by atoms with E-state index in [1.165, 1.54) is 0 Å². The van der Waals surface area contributed by atoms with Crippen molar-refractivity contribution in [3.05, 3.63) is 0 Å². The van der Waals surface area contributed by atoms with Crippen LogP contribution in [-0.2, 0) is 4.79 Å². The Bertz CT molecular complexity index is 289. The summed E-state index contributed by atoms with van der Waals surface area (Å²) in [6, 6.07) is 0.288. The Hall–Kier alpha value is -0.585. The maximum Gasteiger partial charge on any atom is 0.309 e. The predicted molar refractivity (Wildman–Crippen MR) is 77.3 cm³/mol. The topological polar surface area (TPSA) is 95.6 Å². The van der Waals surface area contributed by atoms with E-state index in [1.54, 1.807) is 6.82 Å². The van der Waals surface area contributed by atoms with Crippen molar-refractivity contribution >= 4 is 12.9 Å². The van der Waals surface area contributed by atoms with Gasteiger partial charge in [0.05, 0.1) is 5.41 Å². The van der Waals surface area contributed by atoms with E-state index in [9.17, 15) is 14.9 Å². The molecule has 0 radical (unpaired) electrons. The van der Waals surface area contributed by atoms with E-state index in [0.717, 1.165) is 45.0 Å². The normalized spacial score (nSPS) is 26.6. The minimum absolute atomic E-state index is 0.288. The smallest absolute Gasteiger partial charge is 0.309 e. The molecule has 0 aromatic heterocycles. The van der Waals surface area contributed by atoms with Crippen LogP contribution in [0.25, 0.3) is 0 Å². The number of unbranched alkanes of at least 4 members (excludes halogenated alkanes) is 1. The third-order valence-corrected chi connectivity index (χ3v) is 4.17. The Morgan fingerprint density at radius 3 is 2.84 bits per heavy atom. The summed E-state index contributed by atoms with van der Waals surface area (Å²) < 4.78 is 0. The van der Waals surface area contributed by atoms with Gasteiger partial charge in [0.2, 0.25) is 0 Å². The fourth-order valence-corrected chi connectivity index (χ4v) is 3.02. The SMILES string of the molecule is CB(O)CCCC[C@]1(C(=O)O)CC[C@H](NCCN)C1. The zero-order chi connectivity index (χ0) is 14.3. The lowest BCUT2D eigenvalue weighted by atomic mass is 9.66. The van der Waals surface area contributed by atoms with Gasteiger partial charge in [0.1, 0.15) is 0 Å². The maximum atomic E-state index is 11.6. The monoisotopic (exact) mass is 270 g/mol. The summed E-state index contributed by atoms with van der Waals surface area (Å²) in [6.07, 6.45) is 5.62. The minimum Gasteiger partial charge on any atom is -0.481 e.